The van der Waals surface area contributed by atoms with Crippen LogP contribution in [0.25, 0.3) is 10.2 Å². The van der Waals surface area contributed by atoms with E-state index in [0.717, 1.165) is 15.2 Å². The van der Waals surface area contributed by atoms with Gasteiger partial charge in [-0.1, -0.05) is 11.8 Å². The summed E-state index contributed by atoms with van der Waals surface area (Å²) in [7, 11) is 1.39. The summed E-state index contributed by atoms with van der Waals surface area (Å²) >= 11 is 5.33. The van der Waals surface area contributed by atoms with Crippen molar-refractivity contribution in [2.75, 3.05) is 12.9 Å². The van der Waals surface area contributed by atoms with Gasteiger partial charge in [-0.25, -0.2) is 9.97 Å². The molecule has 17 heavy (non-hydrogen) atoms. The van der Waals surface area contributed by atoms with Crippen LogP contribution in [0.5, 0.6) is 0 Å². The Kier molecular flexibility index (Phi) is 4.21. The quantitative estimate of drug-likeness (QED) is 0.355. The van der Waals surface area contributed by atoms with Crippen molar-refractivity contribution in [3.05, 3.63) is 14.8 Å². The van der Waals surface area contributed by atoms with Crippen LogP contribution in [-0.2, 0) is 9.53 Å². The summed E-state index contributed by atoms with van der Waals surface area (Å²) in [6.07, 6.45) is 1.54. The SMILES string of the molecule is COC(=O)CSc1ncnc2c(C)c(I)sc12. The van der Waals surface area contributed by atoms with Crippen LogP contribution in [0, 0.1) is 9.81 Å². The van der Waals surface area contributed by atoms with Gasteiger partial charge in [0.1, 0.15) is 11.4 Å². The zero-order valence-electron chi connectivity index (χ0n) is 9.19. The monoisotopic (exact) mass is 380 g/mol. The molecule has 0 unspecified atom stereocenters. The van der Waals surface area contributed by atoms with E-state index in [1.807, 2.05) is 6.92 Å². The number of hydrogen-bond acceptors (Lipinski definition) is 6. The maximum absolute atomic E-state index is 11.1. The summed E-state index contributed by atoms with van der Waals surface area (Å²) in [5.41, 5.74) is 2.15. The number of thiophene rings is 1. The third kappa shape index (κ3) is 2.71. The van der Waals surface area contributed by atoms with Gasteiger partial charge in [-0.05, 0) is 35.1 Å². The number of nitrogens with zero attached hydrogens (tertiary/aromatic N) is 2. The largest absolute Gasteiger partial charge is 0.468 e. The Morgan fingerprint density at radius 3 is 3.06 bits per heavy atom. The highest BCUT2D eigenvalue weighted by atomic mass is 127. The lowest BCUT2D eigenvalue weighted by Crippen LogP contribution is -2.03. The molecule has 0 amide bonds. The average molecular weight is 380 g/mol. The molecule has 0 aromatic carbocycles. The molecule has 0 atom stereocenters. The smallest absolute Gasteiger partial charge is 0.316 e. The van der Waals surface area contributed by atoms with Crippen LogP contribution < -0.4 is 0 Å². The first-order chi connectivity index (χ1) is 8.13. The highest BCUT2D eigenvalue weighted by molar-refractivity contribution is 14.1. The first kappa shape index (κ1) is 13.0. The molecular weight excluding hydrogens is 371 g/mol. The molecule has 0 bridgehead atoms. The molecule has 0 saturated carbocycles. The number of ether oxygens (including phenoxy) is 1. The van der Waals surface area contributed by atoms with Crippen molar-refractivity contribution in [1.29, 1.82) is 0 Å². The number of methoxy groups -OCH3 is 1. The third-order valence-corrected chi connectivity index (χ3v) is 5.81. The van der Waals surface area contributed by atoms with Crippen molar-refractivity contribution in [2.24, 2.45) is 0 Å². The minimum absolute atomic E-state index is 0.246. The molecule has 0 aliphatic rings. The molecule has 2 aromatic rings. The number of carbonyl (C=O) groups excluding carboxylic acids is 1. The second-order valence-electron chi connectivity index (χ2n) is 3.22. The average Bonchev–Trinajstić information content (AvgIpc) is 2.63. The van der Waals surface area contributed by atoms with E-state index in [1.54, 1.807) is 11.3 Å². The van der Waals surface area contributed by atoms with E-state index in [4.69, 9.17) is 0 Å². The molecule has 7 heteroatoms. The first-order valence-electron chi connectivity index (χ1n) is 4.72. The predicted molar refractivity (Wildman–Crippen MR) is 77.6 cm³/mol. The van der Waals surface area contributed by atoms with Crippen LogP contribution in [0.4, 0.5) is 0 Å². The van der Waals surface area contributed by atoms with E-state index < -0.39 is 0 Å². The lowest BCUT2D eigenvalue weighted by Gasteiger charge is -2.00. The van der Waals surface area contributed by atoms with Crippen LogP contribution in [0.15, 0.2) is 11.4 Å². The van der Waals surface area contributed by atoms with Crippen LogP contribution in [-0.4, -0.2) is 28.8 Å². The summed E-state index contributed by atoms with van der Waals surface area (Å²) in [4.78, 5) is 19.6. The fraction of sp³-hybridized carbons (Fsp3) is 0.300. The van der Waals surface area contributed by atoms with Crippen LogP contribution in [0.1, 0.15) is 5.56 Å². The Morgan fingerprint density at radius 1 is 1.59 bits per heavy atom. The highest BCUT2D eigenvalue weighted by Crippen LogP contribution is 2.35. The normalized spacial score (nSPS) is 10.8. The van der Waals surface area contributed by atoms with Gasteiger partial charge in [0.2, 0.25) is 0 Å². The van der Waals surface area contributed by atoms with Crippen molar-refractivity contribution >= 4 is 61.9 Å². The van der Waals surface area contributed by atoms with Crippen molar-refractivity contribution in [1.82, 2.24) is 9.97 Å². The van der Waals surface area contributed by atoms with Crippen LogP contribution >= 0.6 is 45.7 Å². The van der Waals surface area contributed by atoms with Gasteiger partial charge in [0.15, 0.2) is 0 Å². The van der Waals surface area contributed by atoms with Crippen molar-refractivity contribution < 1.29 is 9.53 Å². The first-order valence-corrected chi connectivity index (χ1v) is 7.60. The maximum Gasteiger partial charge on any atom is 0.316 e. The van der Waals surface area contributed by atoms with Crippen molar-refractivity contribution in [3.63, 3.8) is 0 Å². The summed E-state index contributed by atoms with van der Waals surface area (Å²) in [6.45, 7) is 2.04. The van der Waals surface area contributed by atoms with Gasteiger partial charge in [-0.2, -0.15) is 0 Å². The zero-order chi connectivity index (χ0) is 12.4. The number of fused-ring (bicyclic) bond motifs is 1. The number of esters is 1. The van der Waals surface area contributed by atoms with E-state index in [9.17, 15) is 4.79 Å². The lowest BCUT2D eigenvalue weighted by atomic mass is 10.3. The van der Waals surface area contributed by atoms with E-state index in [2.05, 4.69) is 37.3 Å². The van der Waals surface area contributed by atoms with Gasteiger partial charge in [-0.3, -0.25) is 4.79 Å². The van der Waals surface area contributed by atoms with E-state index in [-0.39, 0.29) is 11.7 Å². The Hall–Kier alpha value is -0.410. The number of carbonyl (C=O) groups is 1. The zero-order valence-corrected chi connectivity index (χ0v) is 13.0. The number of aromatic nitrogens is 2. The molecule has 2 aromatic heterocycles. The molecule has 0 saturated heterocycles. The molecule has 0 radical (unpaired) electrons. The number of halogens is 1. The highest BCUT2D eigenvalue weighted by Gasteiger charge is 2.13. The molecule has 0 fully saturated rings. The summed E-state index contributed by atoms with van der Waals surface area (Å²) < 4.78 is 6.86. The van der Waals surface area contributed by atoms with Gasteiger partial charge in [0, 0.05) is 0 Å². The minimum atomic E-state index is -0.246. The fourth-order valence-corrected chi connectivity index (χ4v) is 4.08. The molecular formula is C10H9IN2O2S2. The number of thioether (sulfide) groups is 1. The lowest BCUT2D eigenvalue weighted by molar-refractivity contribution is -0.137. The molecule has 0 aliphatic heterocycles. The van der Waals surface area contributed by atoms with E-state index in [1.165, 1.54) is 33.6 Å². The number of aryl methyl sites for hydroxylation is 1. The number of rotatable bonds is 3. The standard InChI is InChI=1S/C10H9IN2O2S2/c1-5-7-8(17-9(5)11)10(13-4-12-7)16-3-6(14)15-2/h4H,3H2,1-2H3. The van der Waals surface area contributed by atoms with Crippen molar-refractivity contribution in [2.45, 2.75) is 11.9 Å². The Morgan fingerprint density at radius 2 is 2.35 bits per heavy atom. The second-order valence-corrected chi connectivity index (χ2v) is 7.02. The Bertz CT molecular complexity index is 571. The summed E-state index contributed by atoms with van der Waals surface area (Å²) in [5.74, 6) is 0.0283. The van der Waals surface area contributed by atoms with Gasteiger partial charge >= 0.3 is 5.97 Å². The second kappa shape index (κ2) is 5.49. The maximum atomic E-state index is 11.1. The third-order valence-electron chi connectivity index (χ3n) is 2.17. The van der Waals surface area contributed by atoms with Gasteiger partial charge < -0.3 is 4.74 Å². The van der Waals surface area contributed by atoms with Gasteiger partial charge in [-0.15, -0.1) is 11.3 Å². The minimum Gasteiger partial charge on any atom is -0.468 e. The van der Waals surface area contributed by atoms with Gasteiger partial charge in [0.25, 0.3) is 0 Å². The molecule has 2 rings (SSSR count). The van der Waals surface area contributed by atoms with Crippen LogP contribution in [0.3, 0.4) is 0 Å². The molecule has 4 nitrogen and oxygen atoms in total. The predicted octanol–water partition coefficient (Wildman–Crippen LogP) is 2.87. The Labute approximate surface area is 120 Å². The summed E-state index contributed by atoms with van der Waals surface area (Å²) in [5, 5.41) is 0.844. The topological polar surface area (TPSA) is 52.1 Å². The van der Waals surface area contributed by atoms with E-state index >= 15 is 0 Å². The molecule has 0 spiro atoms. The Balaban J connectivity index is 2.34. The molecule has 0 aliphatic carbocycles. The molecule has 0 N–H and O–H groups in total. The molecule has 2 heterocycles. The summed E-state index contributed by atoms with van der Waals surface area (Å²) in [6, 6.07) is 0. The van der Waals surface area contributed by atoms with Crippen LogP contribution in [0.2, 0.25) is 0 Å². The van der Waals surface area contributed by atoms with E-state index in [0.29, 0.717) is 0 Å². The van der Waals surface area contributed by atoms with Crippen molar-refractivity contribution in [3.8, 4) is 0 Å². The number of hydrogen-bond donors (Lipinski definition) is 0. The molecule has 90 valence electrons. The fourth-order valence-electron chi connectivity index (χ4n) is 1.26. The van der Waals surface area contributed by atoms with Gasteiger partial charge in [0.05, 0.1) is 26.0 Å².